The smallest absolute Gasteiger partial charge is 0.270 e. The van der Waals surface area contributed by atoms with E-state index < -0.39 is 5.92 Å². The number of nitrogens with zero attached hydrogens (tertiary/aromatic N) is 1. The summed E-state index contributed by atoms with van der Waals surface area (Å²) in [6, 6.07) is 41.2. The number of hydrogen-bond donors (Lipinski definition) is 1. The zero-order valence-corrected chi connectivity index (χ0v) is 29.4. The van der Waals surface area contributed by atoms with Crippen LogP contribution in [0.4, 0.5) is 14.5 Å². The summed E-state index contributed by atoms with van der Waals surface area (Å²) >= 11 is 0. The van der Waals surface area contributed by atoms with Crippen molar-refractivity contribution in [3.8, 4) is 11.1 Å². The molecule has 264 valence electrons. The molecule has 5 aromatic carbocycles. The van der Waals surface area contributed by atoms with Gasteiger partial charge in [0.1, 0.15) is 0 Å². The maximum Gasteiger partial charge on any atom is 0.270 e. The number of piperidine rings is 1. The zero-order valence-electron chi connectivity index (χ0n) is 29.4. The van der Waals surface area contributed by atoms with Crippen LogP contribution in [0.5, 0.6) is 0 Å². The van der Waals surface area contributed by atoms with Crippen LogP contribution >= 0.6 is 0 Å². The Labute approximate surface area is 302 Å². The van der Waals surface area contributed by atoms with E-state index in [2.05, 4.69) is 66.2 Å². The summed E-state index contributed by atoms with van der Waals surface area (Å²) < 4.78 is 27.3. The van der Waals surface area contributed by atoms with E-state index in [1.54, 1.807) is 24.3 Å². The van der Waals surface area contributed by atoms with Gasteiger partial charge in [0.25, 0.3) is 11.8 Å². The quantitative estimate of drug-likeness (QED) is 0.141. The van der Waals surface area contributed by atoms with E-state index in [-0.39, 0.29) is 24.7 Å². The Kier molecular flexibility index (Phi) is 12.8. The number of carbonyl (C=O) groups excluding carboxylic acids is 2. The number of amides is 1. The minimum Gasteiger partial charge on any atom is -0.322 e. The highest BCUT2D eigenvalue weighted by atomic mass is 19.3. The van der Waals surface area contributed by atoms with Crippen LogP contribution in [0, 0.1) is 0 Å². The van der Waals surface area contributed by atoms with E-state index in [0.717, 1.165) is 38.4 Å². The van der Waals surface area contributed by atoms with Gasteiger partial charge in [0, 0.05) is 25.2 Å². The first-order valence-corrected chi connectivity index (χ1v) is 17.7. The first-order chi connectivity index (χ1) is 24.7. The lowest BCUT2D eigenvalue weighted by Gasteiger charge is -2.37. The van der Waals surface area contributed by atoms with Crippen LogP contribution in [-0.4, -0.2) is 29.7 Å². The van der Waals surface area contributed by atoms with E-state index in [0.29, 0.717) is 28.3 Å². The first kappa shape index (κ1) is 37.1. The van der Waals surface area contributed by atoms with E-state index in [1.807, 2.05) is 54.6 Å². The third kappa shape index (κ3) is 9.95. The summed E-state index contributed by atoms with van der Waals surface area (Å²) in [6.07, 6.45) is 5.72. The van der Waals surface area contributed by atoms with Crippen LogP contribution in [0.15, 0.2) is 146 Å². The molecule has 0 saturated carbocycles. The lowest BCUT2D eigenvalue weighted by Crippen LogP contribution is -2.39. The second-order valence-electron chi connectivity index (χ2n) is 13.1. The highest BCUT2D eigenvalue weighted by molar-refractivity contribution is 6.08. The number of benzene rings is 5. The number of halogens is 2. The van der Waals surface area contributed by atoms with Gasteiger partial charge in [-0.05, 0) is 90.4 Å². The Morgan fingerprint density at radius 2 is 1.43 bits per heavy atom. The zero-order chi connectivity index (χ0) is 36.2. The van der Waals surface area contributed by atoms with Crippen LogP contribution in [0.1, 0.15) is 79.1 Å². The summed E-state index contributed by atoms with van der Waals surface area (Å²) in [4.78, 5) is 28.2. The van der Waals surface area contributed by atoms with Gasteiger partial charge in [0.2, 0.25) is 0 Å². The molecule has 51 heavy (non-hydrogen) atoms. The van der Waals surface area contributed by atoms with Crippen molar-refractivity contribution in [2.24, 2.45) is 0 Å². The average molecular weight is 687 g/mol. The molecule has 1 aliphatic rings. The molecule has 1 amide bonds. The normalized spacial score (nSPS) is 14.1. The first-order valence-electron chi connectivity index (χ1n) is 17.7. The van der Waals surface area contributed by atoms with Gasteiger partial charge in [-0.2, -0.15) is 0 Å². The van der Waals surface area contributed by atoms with Gasteiger partial charge >= 0.3 is 0 Å². The van der Waals surface area contributed by atoms with Crippen molar-refractivity contribution in [3.05, 3.63) is 174 Å². The van der Waals surface area contributed by atoms with Crippen molar-refractivity contribution < 1.29 is 19.8 Å². The summed E-state index contributed by atoms with van der Waals surface area (Å²) in [7, 11) is 0. The van der Waals surface area contributed by atoms with E-state index in [4.69, 9.17) is 0 Å². The molecule has 0 radical (unpaired) electrons. The van der Waals surface area contributed by atoms with Gasteiger partial charge in [-0.1, -0.05) is 135 Å². The minimum atomic E-state index is -2.92. The van der Waals surface area contributed by atoms with E-state index in [9.17, 15) is 18.4 Å². The van der Waals surface area contributed by atoms with Crippen LogP contribution < -0.4 is 5.32 Å². The number of nitrogens with one attached hydrogen (secondary N) is 1. The molecule has 1 unspecified atom stereocenters. The van der Waals surface area contributed by atoms with Crippen molar-refractivity contribution in [1.82, 2.24) is 4.90 Å². The number of ketones is 1. The predicted octanol–water partition coefficient (Wildman–Crippen LogP) is 11.3. The molecule has 1 aliphatic heterocycles. The Morgan fingerprint density at radius 1 is 0.843 bits per heavy atom. The van der Waals surface area contributed by atoms with Crippen molar-refractivity contribution in [3.63, 3.8) is 0 Å². The average Bonchev–Trinajstić information content (AvgIpc) is 3.16. The Balaban J connectivity index is 0.000000529. The number of carbonyl (C=O) groups is 2. The Hall–Kier alpha value is -5.20. The molecule has 5 aromatic rings. The molecule has 1 atom stereocenters. The Morgan fingerprint density at radius 3 is 2.02 bits per heavy atom. The second kappa shape index (κ2) is 17.6. The molecular weight excluding hydrogens is 639 g/mol. The number of rotatable bonds is 11. The number of alkyl halides is 2. The molecule has 0 bridgehead atoms. The molecule has 1 heterocycles. The summed E-state index contributed by atoms with van der Waals surface area (Å²) in [5.41, 5.74) is 6.08. The van der Waals surface area contributed by atoms with Gasteiger partial charge in [-0.25, -0.2) is 8.78 Å². The lowest BCUT2D eigenvalue weighted by atomic mass is 9.87. The molecule has 0 aliphatic carbocycles. The van der Waals surface area contributed by atoms with Gasteiger partial charge in [0.15, 0.2) is 5.78 Å². The van der Waals surface area contributed by atoms with Gasteiger partial charge in [-0.3, -0.25) is 14.5 Å². The van der Waals surface area contributed by atoms with Crippen LogP contribution in [0.2, 0.25) is 0 Å². The second-order valence-corrected chi connectivity index (χ2v) is 13.1. The monoisotopic (exact) mass is 686 g/mol. The molecule has 1 N–H and O–H groups in total. The van der Waals surface area contributed by atoms with Crippen molar-refractivity contribution >= 4 is 17.4 Å². The molecule has 6 heteroatoms. The SMILES string of the molecule is C=CC(=O)C(c1ccccc1)N1CCC(c2ccc(NC(=O)c3ccccc3-c3ccc(C(C)(F)F)cc3)cc2)CC1.CCCc1ccccc1.[HH]. The van der Waals surface area contributed by atoms with Crippen LogP contribution in [0.3, 0.4) is 0 Å². The summed E-state index contributed by atoms with van der Waals surface area (Å²) in [6.45, 7) is 8.38. The lowest BCUT2D eigenvalue weighted by molar-refractivity contribution is -0.120. The van der Waals surface area contributed by atoms with Crippen molar-refractivity contribution in [2.75, 3.05) is 18.4 Å². The molecule has 1 fully saturated rings. The molecule has 0 spiro atoms. The molecule has 1 saturated heterocycles. The van der Waals surface area contributed by atoms with Gasteiger partial charge in [0.05, 0.1) is 6.04 Å². The molecular formula is C45H48F2N2O2. The number of hydrogen-bond acceptors (Lipinski definition) is 3. The van der Waals surface area contributed by atoms with Crippen molar-refractivity contribution in [1.29, 1.82) is 0 Å². The van der Waals surface area contributed by atoms with E-state index in [1.165, 1.54) is 42.2 Å². The Bertz CT molecular complexity index is 1870. The number of anilines is 1. The highest BCUT2D eigenvalue weighted by Crippen LogP contribution is 2.34. The number of likely N-dealkylation sites (tertiary alicyclic amines) is 1. The predicted molar refractivity (Wildman–Crippen MR) is 206 cm³/mol. The molecule has 4 nitrogen and oxygen atoms in total. The standard InChI is InChI=1S/C36H34F2N2O2.C9H12.H2/c1-3-33(41)34(28-9-5-4-6-10-28)40-23-21-26(22-24-40)25-15-19-30(20-16-25)39-35(42)32-12-8-7-11-31(32)27-13-17-29(18-14-27)36(2,37)38;1-2-6-9-7-4-3-5-8-9;/h3-20,26,34H,1,21-24H2,2H3,(H,39,42);3-5,7-8H,2,6H2,1H3;1H. The van der Waals surface area contributed by atoms with Crippen molar-refractivity contribution in [2.45, 2.75) is 57.4 Å². The highest BCUT2D eigenvalue weighted by Gasteiger charge is 2.30. The summed E-state index contributed by atoms with van der Waals surface area (Å²) in [5, 5.41) is 2.98. The maximum atomic E-state index is 13.7. The van der Waals surface area contributed by atoms with Gasteiger partial charge < -0.3 is 5.32 Å². The fraction of sp³-hybridized carbons (Fsp3) is 0.244. The minimum absolute atomic E-state index is 0. The summed E-state index contributed by atoms with van der Waals surface area (Å²) in [5.74, 6) is -2.81. The molecule has 6 rings (SSSR count). The van der Waals surface area contributed by atoms with E-state index >= 15 is 0 Å². The number of aryl methyl sites for hydroxylation is 1. The molecule has 0 aromatic heterocycles. The maximum absolute atomic E-state index is 13.7. The topological polar surface area (TPSA) is 49.4 Å². The fourth-order valence-electron chi connectivity index (χ4n) is 6.64. The van der Waals surface area contributed by atoms with Crippen LogP contribution in [0.25, 0.3) is 11.1 Å². The third-order valence-electron chi connectivity index (χ3n) is 9.38. The largest absolute Gasteiger partial charge is 0.322 e. The third-order valence-corrected chi connectivity index (χ3v) is 9.38. The van der Waals surface area contributed by atoms with Crippen LogP contribution in [-0.2, 0) is 17.1 Å². The fourth-order valence-corrected chi connectivity index (χ4v) is 6.64. The van der Waals surface area contributed by atoms with Gasteiger partial charge in [-0.15, -0.1) is 0 Å².